The third kappa shape index (κ3) is 1.41. The predicted octanol–water partition coefficient (Wildman–Crippen LogP) is 3.32. The maximum absolute atomic E-state index is 12.5. The van der Waals surface area contributed by atoms with E-state index in [-0.39, 0.29) is 18.0 Å². The molecule has 0 rings (SSSR count). The summed E-state index contributed by atoms with van der Waals surface area (Å²) < 4.78 is 75.4. The summed E-state index contributed by atoms with van der Waals surface area (Å²) in [6.07, 6.45) is 0. The molecule has 88 valence electrons. The molecule has 0 aromatic carbocycles. The van der Waals surface area contributed by atoms with Gasteiger partial charge in [0.25, 0.3) is 0 Å². The number of alkyl halides is 6. The molecule has 0 heterocycles. The van der Waals surface area contributed by atoms with Gasteiger partial charge in [-0.25, -0.2) is 0 Å². The van der Waals surface area contributed by atoms with Crippen LogP contribution in [0.5, 0.6) is 0 Å². The Morgan fingerprint density at radius 1 is 0.786 bits per heavy atom. The molecule has 0 amide bonds. The first kappa shape index (κ1) is 14.0. The quantitative estimate of drug-likeness (QED) is 0.504. The van der Waals surface area contributed by atoms with E-state index in [2.05, 4.69) is 0 Å². The fourth-order valence-corrected chi connectivity index (χ4v) is 1.79. The Hall–Kier alpha value is -0.0300. The Kier molecular flexibility index (Phi) is 2.97. The third-order valence-electron chi connectivity index (χ3n) is 2.69. The molecule has 0 aliphatic heterocycles. The second kappa shape index (κ2) is 2.98. The second-order valence-electron chi connectivity index (χ2n) is 3.84. The Bertz CT molecular complexity index is 209. The van der Waals surface area contributed by atoms with Crippen LogP contribution in [0.25, 0.3) is 0 Å². The zero-order valence-electron chi connectivity index (χ0n) is 8.16. The van der Waals surface area contributed by atoms with E-state index < -0.39 is 18.6 Å². The van der Waals surface area contributed by atoms with Gasteiger partial charge in [-0.3, -0.25) is 0 Å². The van der Waals surface area contributed by atoms with Crippen LogP contribution in [0.3, 0.4) is 0 Å². The fraction of sp³-hybridized carbons (Fsp3) is 1.00. The average molecular weight is 243 g/mol. The van der Waals surface area contributed by atoms with Crippen molar-refractivity contribution in [3.8, 4) is 0 Å². The van der Waals surface area contributed by atoms with Crippen LogP contribution in [0.2, 0.25) is 0 Å². The zero-order valence-corrected chi connectivity index (χ0v) is 9.06. The topological polar surface area (TPSA) is 3.24 Å². The minimum atomic E-state index is -5.88. The first-order valence-electron chi connectivity index (χ1n) is 3.57. The molecular weight excluding hydrogens is 231 g/mol. The van der Waals surface area contributed by atoms with Crippen molar-refractivity contribution in [3.63, 3.8) is 0 Å². The van der Waals surface area contributed by atoms with Gasteiger partial charge in [0, 0.05) is 0 Å². The molecule has 0 saturated carbocycles. The molecule has 0 aliphatic carbocycles. The summed E-state index contributed by atoms with van der Waals surface area (Å²) >= 11 is 0. The van der Waals surface area contributed by atoms with E-state index in [0.29, 0.717) is 0 Å². The summed E-state index contributed by atoms with van der Waals surface area (Å²) in [4.78, 5) is 0. The van der Waals surface area contributed by atoms with Gasteiger partial charge in [0.15, 0.2) is 0 Å². The van der Waals surface area contributed by atoms with Gasteiger partial charge in [0.1, 0.15) is 0 Å². The van der Waals surface area contributed by atoms with Gasteiger partial charge in [-0.15, -0.1) is 0 Å². The van der Waals surface area contributed by atoms with E-state index >= 15 is 0 Å². The molecular formula is C6H12F6NP. The van der Waals surface area contributed by atoms with Gasteiger partial charge < -0.3 is 0 Å². The molecule has 0 radical (unpaired) electrons. The van der Waals surface area contributed by atoms with Crippen molar-refractivity contribution in [2.24, 2.45) is 0 Å². The van der Waals surface area contributed by atoms with Gasteiger partial charge in [-0.05, 0) is 0 Å². The molecule has 0 saturated heterocycles. The average Bonchev–Trinajstić information content (AvgIpc) is 1.81. The van der Waals surface area contributed by atoms with Gasteiger partial charge >= 0.3 is 77.0 Å². The van der Waals surface area contributed by atoms with E-state index in [1.54, 1.807) is 0 Å². The molecule has 0 fully saturated rings. The van der Waals surface area contributed by atoms with Crippen LogP contribution >= 0.6 is 6.75 Å². The van der Waals surface area contributed by atoms with E-state index in [0.717, 1.165) is 14.1 Å². The molecule has 8 heteroatoms. The maximum atomic E-state index is 12.5. The first-order chi connectivity index (χ1) is 5.75. The van der Waals surface area contributed by atoms with E-state index in [1.807, 2.05) is 0 Å². The van der Waals surface area contributed by atoms with Crippen molar-refractivity contribution in [1.82, 2.24) is 4.67 Å². The van der Waals surface area contributed by atoms with Gasteiger partial charge in [0.2, 0.25) is 0 Å². The van der Waals surface area contributed by atoms with E-state index in [4.69, 9.17) is 0 Å². The molecule has 14 heavy (non-hydrogen) atoms. The molecule has 0 aliphatic rings. The van der Waals surface area contributed by atoms with Crippen LogP contribution in [-0.2, 0) is 0 Å². The van der Waals surface area contributed by atoms with Crippen molar-refractivity contribution >= 4 is 6.75 Å². The fourth-order valence-electron chi connectivity index (χ4n) is 0.597. The SMILES string of the molecule is CN(C)P(C)(C)(C(F)(F)F)C(F)(F)F. The number of hydrogen-bond acceptors (Lipinski definition) is 1. The van der Waals surface area contributed by atoms with Crippen molar-refractivity contribution < 1.29 is 26.3 Å². The molecule has 0 atom stereocenters. The van der Waals surface area contributed by atoms with Gasteiger partial charge in [-0.1, -0.05) is 0 Å². The van der Waals surface area contributed by atoms with Crippen molar-refractivity contribution in [1.29, 1.82) is 0 Å². The Balaban J connectivity index is 5.76. The van der Waals surface area contributed by atoms with E-state index in [9.17, 15) is 26.3 Å². The summed E-state index contributed by atoms with van der Waals surface area (Å²) in [5.41, 5.74) is 0. The van der Waals surface area contributed by atoms with Crippen LogP contribution in [0.15, 0.2) is 0 Å². The summed E-state index contributed by atoms with van der Waals surface area (Å²) in [6.45, 7) is -5.37. The Labute approximate surface area is 78.0 Å². The molecule has 0 aromatic rings. The van der Waals surface area contributed by atoms with Crippen LogP contribution in [-0.4, -0.2) is 43.9 Å². The number of nitrogens with zero attached hydrogens (tertiary/aromatic N) is 1. The zero-order chi connectivity index (χ0) is 12.0. The van der Waals surface area contributed by atoms with Crippen molar-refractivity contribution in [3.05, 3.63) is 0 Å². The Morgan fingerprint density at radius 2 is 1.00 bits per heavy atom. The molecule has 0 N–H and O–H groups in total. The summed E-state index contributed by atoms with van der Waals surface area (Å²) in [5, 5.41) is 0. The monoisotopic (exact) mass is 243 g/mol. The van der Waals surface area contributed by atoms with E-state index in [1.165, 1.54) is 0 Å². The summed E-state index contributed by atoms with van der Waals surface area (Å²) in [7, 11) is 1.61. The third-order valence-corrected chi connectivity index (χ3v) is 8.08. The van der Waals surface area contributed by atoms with Crippen LogP contribution in [0.1, 0.15) is 0 Å². The predicted molar refractivity (Wildman–Crippen MR) is 44.6 cm³/mol. The van der Waals surface area contributed by atoms with Crippen LogP contribution in [0, 0.1) is 0 Å². The van der Waals surface area contributed by atoms with Crippen LogP contribution in [0.4, 0.5) is 26.3 Å². The minimum absolute atomic E-state index is 0.256. The second-order valence-corrected chi connectivity index (χ2v) is 9.76. The standard InChI is InChI=1S/C6H12F6NP/c1-13(2)14(3,4,5(7,8)9)6(10,11)12/h1-4H3. The van der Waals surface area contributed by atoms with Crippen LogP contribution < -0.4 is 0 Å². The summed E-state index contributed by atoms with van der Waals surface area (Å²) in [5.74, 6) is -10.5. The molecule has 1 nitrogen and oxygen atoms in total. The van der Waals surface area contributed by atoms with Gasteiger partial charge in [-0.2, -0.15) is 0 Å². The van der Waals surface area contributed by atoms with Crippen molar-refractivity contribution in [2.75, 3.05) is 27.4 Å². The van der Waals surface area contributed by atoms with Crippen molar-refractivity contribution in [2.45, 2.75) is 11.8 Å². The number of hydrogen-bond donors (Lipinski definition) is 0. The molecule has 0 unspecified atom stereocenters. The first-order valence-corrected chi connectivity index (χ1v) is 6.65. The summed E-state index contributed by atoms with van der Waals surface area (Å²) in [6, 6.07) is 0. The Morgan fingerprint density at radius 3 is 1.00 bits per heavy atom. The van der Waals surface area contributed by atoms with Gasteiger partial charge in [0.05, 0.1) is 0 Å². The molecule has 0 bridgehead atoms. The molecule has 0 spiro atoms. The number of halogens is 6. The normalized spacial score (nSPS) is 18.1. The number of rotatable bonds is 1. The molecule has 0 aromatic heterocycles.